The summed E-state index contributed by atoms with van der Waals surface area (Å²) in [5.41, 5.74) is 0.537. The Morgan fingerprint density at radius 1 is 1.32 bits per heavy atom. The summed E-state index contributed by atoms with van der Waals surface area (Å²) in [5.74, 6) is -0.967. The first-order valence-corrected chi connectivity index (χ1v) is 7.27. The molecule has 0 aromatic heterocycles. The molecule has 0 aliphatic rings. The van der Waals surface area contributed by atoms with E-state index in [0.717, 1.165) is 0 Å². The zero-order chi connectivity index (χ0) is 14.5. The van der Waals surface area contributed by atoms with E-state index in [9.17, 15) is 13.2 Å². The molecule has 0 fully saturated rings. The number of hydrogen-bond donors (Lipinski definition) is 3. The van der Waals surface area contributed by atoms with Crippen LogP contribution in [0.1, 0.15) is 18.9 Å². The second-order valence-corrected chi connectivity index (χ2v) is 5.96. The highest BCUT2D eigenvalue weighted by Gasteiger charge is 2.17. The van der Waals surface area contributed by atoms with Gasteiger partial charge < -0.3 is 10.2 Å². The van der Waals surface area contributed by atoms with Crippen LogP contribution in [0.5, 0.6) is 0 Å². The lowest BCUT2D eigenvalue weighted by Crippen LogP contribution is -2.33. The number of sulfonamides is 1. The third kappa shape index (κ3) is 4.98. The highest BCUT2D eigenvalue weighted by molar-refractivity contribution is 7.89. The average Bonchev–Trinajstić information content (AvgIpc) is 2.28. The van der Waals surface area contributed by atoms with E-state index in [0.29, 0.717) is 12.0 Å². The highest BCUT2D eigenvalue weighted by Crippen LogP contribution is 2.12. The molecule has 0 saturated carbocycles. The molecule has 1 atom stereocenters. The average molecular weight is 287 g/mol. The van der Waals surface area contributed by atoms with Gasteiger partial charge in [-0.1, -0.05) is 12.1 Å². The Morgan fingerprint density at radius 2 is 1.89 bits per heavy atom. The minimum Gasteiger partial charge on any atom is -0.481 e. The molecule has 0 aliphatic heterocycles. The van der Waals surface area contributed by atoms with Crippen molar-refractivity contribution >= 4 is 16.0 Å². The van der Waals surface area contributed by atoms with Crippen molar-refractivity contribution < 1.29 is 23.4 Å². The van der Waals surface area contributed by atoms with Crippen LogP contribution in [0, 0.1) is 0 Å². The van der Waals surface area contributed by atoms with Gasteiger partial charge in [0, 0.05) is 12.6 Å². The van der Waals surface area contributed by atoms with Crippen LogP contribution in [0.3, 0.4) is 0 Å². The van der Waals surface area contributed by atoms with Gasteiger partial charge in [0.15, 0.2) is 0 Å². The number of aliphatic hydroxyl groups is 1. The molecule has 1 aromatic rings. The van der Waals surface area contributed by atoms with Gasteiger partial charge >= 0.3 is 5.97 Å². The monoisotopic (exact) mass is 287 g/mol. The molecule has 1 unspecified atom stereocenters. The fourth-order valence-electron chi connectivity index (χ4n) is 1.55. The van der Waals surface area contributed by atoms with Crippen molar-refractivity contribution in [3.8, 4) is 0 Å². The number of nitrogens with one attached hydrogen (secondary N) is 1. The van der Waals surface area contributed by atoms with Gasteiger partial charge in [-0.3, -0.25) is 4.79 Å². The number of benzene rings is 1. The molecular formula is C12H17NO5S. The zero-order valence-corrected chi connectivity index (χ0v) is 11.4. The Morgan fingerprint density at radius 3 is 2.37 bits per heavy atom. The normalized spacial score (nSPS) is 13.2. The van der Waals surface area contributed by atoms with E-state index in [4.69, 9.17) is 10.2 Å². The number of aliphatic carboxylic acids is 1. The molecule has 1 rings (SSSR count). The molecule has 3 N–H and O–H groups in total. The van der Waals surface area contributed by atoms with Crippen LogP contribution in [-0.2, 0) is 21.2 Å². The van der Waals surface area contributed by atoms with Gasteiger partial charge in [0.25, 0.3) is 0 Å². The Bertz CT molecular complexity index is 524. The first-order valence-electron chi connectivity index (χ1n) is 5.79. The lowest BCUT2D eigenvalue weighted by molar-refractivity contribution is -0.136. The quantitative estimate of drug-likeness (QED) is 0.672. The standard InChI is InChI=1S/C12H17NO5S/c1-9(6-7-14)13-19(17,18)11-4-2-10(3-5-11)8-12(15)16/h2-5,9,13-14H,6-8H2,1H3,(H,15,16). The van der Waals surface area contributed by atoms with Crippen LogP contribution in [0.15, 0.2) is 29.2 Å². The number of hydrogen-bond acceptors (Lipinski definition) is 4. The van der Waals surface area contributed by atoms with Crippen LogP contribution < -0.4 is 4.72 Å². The first-order chi connectivity index (χ1) is 8.85. The molecule has 0 bridgehead atoms. The van der Waals surface area contributed by atoms with E-state index >= 15 is 0 Å². The van der Waals surface area contributed by atoms with E-state index in [1.54, 1.807) is 6.92 Å². The highest BCUT2D eigenvalue weighted by atomic mass is 32.2. The molecule has 19 heavy (non-hydrogen) atoms. The summed E-state index contributed by atoms with van der Waals surface area (Å²) in [6.45, 7) is 1.56. The maximum absolute atomic E-state index is 11.9. The number of carboxylic acids is 1. The summed E-state index contributed by atoms with van der Waals surface area (Å²) in [7, 11) is -3.64. The second kappa shape index (κ2) is 6.65. The van der Waals surface area contributed by atoms with Gasteiger partial charge in [-0.25, -0.2) is 13.1 Å². The summed E-state index contributed by atoms with van der Waals surface area (Å²) in [6, 6.07) is 5.31. The van der Waals surface area contributed by atoms with Crippen LogP contribution >= 0.6 is 0 Å². The minimum atomic E-state index is -3.64. The molecular weight excluding hydrogens is 270 g/mol. The fraction of sp³-hybridized carbons (Fsp3) is 0.417. The van der Waals surface area contributed by atoms with Crippen LogP contribution in [0.4, 0.5) is 0 Å². The smallest absolute Gasteiger partial charge is 0.307 e. The van der Waals surface area contributed by atoms with E-state index in [1.165, 1.54) is 24.3 Å². The Labute approximate surface area is 112 Å². The molecule has 0 saturated heterocycles. The van der Waals surface area contributed by atoms with E-state index in [-0.39, 0.29) is 24.0 Å². The SMILES string of the molecule is CC(CCO)NS(=O)(=O)c1ccc(CC(=O)O)cc1. The number of rotatable bonds is 7. The molecule has 0 radical (unpaired) electrons. The number of aliphatic hydroxyl groups excluding tert-OH is 1. The minimum absolute atomic E-state index is 0.0754. The van der Waals surface area contributed by atoms with E-state index in [1.807, 2.05) is 0 Å². The van der Waals surface area contributed by atoms with E-state index < -0.39 is 16.0 Å². The predicted molar refractivity (Wildman–Crippen MR) is 69.3 cm³/mol. The van der Waals surface area contributed by atoms with Crippen molar-refractivity contribution in [2.24, 2.45) is 0 Å². The summed E-state index contributed by atoms with van der Waals surface area (Å²) >= 11 is 0. The Hall–Kier alpha value is -1.44. The summed E-state index contributed by atoms with van der Waals surface area (Å²) in [6.07, 6.45) is 0.186. The lowest BCUT2D eigenvalue weighted by Gasteiger charge is -2.13. The summed E-state index contributed by atoms with van der Waals surface area (Å²) in [5, 5.41) is 17.4. The van der Waals surface area contributed by atoms with Crippen molar-refractivity contribution in [2.75, 3.05) is 6.61 Å². The second-order valence-electron chi connectivity index (χ2n) is 4.25. The number of carbonyl (C=O) groups is 1. The predicted octanol–water partition coefficient (Wildman–Crippen LogP) is 0.363. The molecule has 0 aliphatic carbocycles. The van der Waals surface area contributed by atoms with Crippen molar-refractivity contribution in [1.29, 1.82) is 0 Å². The fourth-order valence-corrected chi connectivity index (χ4v) is 2.82. The summed E-state index contributed by atoms with van der Waals surface area (Å²) in [4.78, 5) is 10.6. The molecule has 7 heteroatoms. The van der Waals surface area contributed by atoms with Gasteiger partial charge in [0.05, 0.1) is 11.3 Å². The van der Waals surface area contributed by atoms with Gasteiger partial charge in [-0.2, -0.15) is 0 Å². The van der Waals surface area contributed by atoms with Gasteiger partial charge in [0.1, 0.15) is 0 Å². The Balaban J connectivity index is 2.81. The van der Waals surface area contributed by atoms with Crippen LogP contribution in [-0.4, -0.2) is 37.2 Å². The molecule has 1 aromatic carbocycles. The van der Waals surface area contributed by atoms with Crippen molar-refractivity contribution in [1.82, 2.24) is 4.72 Å². The largest absolute Gasteiger partial charge is 0.481 e. The summed E-state index contributed by atoms with van der Waals surface area (Å²) < 4.78 is 26.3. The van der Waals surface area contributed by atoms with Gasteiger partial charge in [0.2, 0.25) is 10.0 Å². The van der Waals surface area contributed by atoms with Gasteiger partial charge in [-0.05, 0) is 31.0 Å². The van der Waals surface area contributed by atoms with Crippen LogP contribution in [0.25, 0.3) is 0 Å². The lowest BCUT2D eigenvalue weighted by atomic mass is 10.2. The maximum Gasteiger partial charge on any atom is 0.307 e. The Kier molecular flexibility index (Phi) is 5.46. The van der Waals surface area contributed by atoms with Crippen molar-refractivity contribution in [3.05, 3.63) is 29.8 Å². The van der Waals surface area contributed by atoms with Crippen molar-refractivity contribution in [3.63, 3.8) is 0 Å². The number of carboxylic acid groups (broad SMARTS) is 1. The third-order valence-corrected chi connectivity index (χ3v) is 4.11. The topological polar surface area (TPSA) is 104 Å². The maximum atomic E-state index is 11.9. The van der Waals surface area contributed by atoms with Crippen molar-refractivity contribution in [2.45, 2.75) is 30.7 Å². The molecule has 0 heterocycles. The first kappa shape index (κ1) is 15.6. The molecule has 106 valence electrons. The van der Waals surface area contributed by atoms with Crippen LogP contribution in [0.2, 0.25) is 0 Å². The zero-order valence-electron chi connectivity index (χ0n) is 10.5. The van der Waals surface area contributed by atoms with Gasteiger partial charge in [-0.15, -0.1) is 0 Å². The third-order valence-electron chi connectivity index (χ3n) is 2.51. The molecule has 6 nitrogen and oxygen atoms in total. The molecule has 0 amide bonds. The van der Waals surface area contributed by atoms with E-state index in [2.05, 4.69) is 4.72 Å². The molecule has 0 spiro atoms.